The molecule has 0 amide bonds. The molecule has 0 N–H and O–H groups in total. The fourth-order valence-electron chi connectivity index (χ4n) is 2.08. The van der Waals surface area contributed by atoms with Gasteiger partial charge in [0.05, 0.1) is 6.61 Å². The fourth-order valence-corrected chi connectivity index (χ4v) is 2.08. The summed E-state index contributed by atoms with van der Waals surface area (Å²) in [5.74, 6) is 3.60. The summed E-state index contributed by atoms with van der Waals surface area (Å²) in [6, 6.07) is 3.94. The Morgan fingerprint density at radius 3 is 2.67 bits per heavy atom. The molecular weight excluding hydrogens is 226 g/mol. The minimum atomic E-state index is 0.801. The predicted octanol–water partition coefficient (Wildman–Crippen LogP) is 0.831. The zero-order valence-electron chi connectivity index (χ0n) is 10.8. The lowest BCUT2D eigenvalue weighted by Gasteiger charge is -2.35. The maximum absolute atomic E-state index is 5.32. The van der Waals surface area contributed by atoms with Gasteiger partial charge in [0, 0.05) is 51.6 Å². The van der Waals surface area contributed by atoms with Crippen molar-refractivity contribution in [3.8, 4) is 12.3 Å². The third-order valence-corrected chi connectivity index (χ3v) is 3.22. The van der Waals surface area contributed by atoms with Crippen LogP contribution in [0.3, 0.4) is 0 Å². The Hall–Kier alpha value is -1.57. The molecule has 18 heavy (non-hydrogen) atoms. The first kappa shape index (κ1) is 12.9. The highest BCUT2D eigenvalue weighted by Crippen LogP contribution is 2.13. The number of anilines is 1. The van der Waals surface area contributed by atoms with Crippen molar-refractivity contribution in [3.05, 3.63) is 23.9 Å². The van der Waals surface area contributed by atoms with E-state index in [-0.39, 0.29) is 0 Å². The molecule has 0 bridgehead atoms. The van der Waals surface area contributed by atoms with E-state index in [0.29, 0.717) is 0 Å². The molecule has 2 rings (SSSR count). The molecule has 0 aliphatic carbocycles. The van der Waals surface area contributed by atoms with Gasteiger partial charge in [-0.1, -0.05) is 5.92 Å². The Morgan fingerprint density at radius 2 is 2.11 bits per heavy atom. The first-order chi connectivity index (χ1) is 8.83. The topological polar surface area (TPSA) is 28.6 Å². The lowest BCUT2D eigenvalue weighted by atomic mass is 10.2. The van der Waals surface area contributed by atoms with E-state index in [2.05, 4.69) is 20.7 Å². The van der Waals surface area contributed by atoms with Gasteiger partial charge in [-0.05, 0) is 12.1 Å². The normalized spacial score (nSPS) is 16.6. The second-order valence-corrected chi connectivity index (χ2v) is 4.37. The number of nitrogens with zero attached hydrogens (tertiary/aromatic N) is 3. The number of ether oxygens (including phenoxy) is 1. The van der Waals surface area contributed by atoms with Gasteiger partial charge in [-0.2, -0.15) is 0 Å². The molecule has 4 nitrogen and oxygen atoms in total. The summed E-state index contributed by atoms with van der Waals surface area (Å²) >= 11 is 0. The number of hydrogen-bond donors (Lipinski definition) is 0. The molecular formula is C14H19N3O. The van der Waals surface area contributed by atoms with Gasteiger partial charge in [-0.15, -0.1) is 6.42 Å². The smallest absolute Gasteiger partial charge is 0.128 e. The van der Waals surface area contributed by atoms with Crippen LogP contribution in [-0.4, -0.2) is 56.3 Å². The van der Waals surface area contributed by atoms with Gasteiger partial charge in [0.15, 0.2) is 0 Å². The van der Waals surface area contributed by atoms with Crippen molar-refractivity contribution in [1.82, 2.24) is 9.88 Å². The van der Waals surface area contributed by atoms with E-state index in [1.807, 2.05) is 12.1 Å². The van der Waals surface area contributed by atoms with Gasteiger partial charge in [-0.25, -0.2) is 4.98 Å². The molecule has 0 spiro atoms. The standard InChI is InChI=1S/C14H19N3O/c1-3-13-4-5-14(15-12-13)17-8-6-16(7-9-17)10-11-18-2/h1,4-5,12H,6-11H2,2H3. The number of pyridine rings is 1. The summed E-state index contributed by atoms with van der Waals surface area (Å²) < 4.78 is 5.10. The molecule has 0 saturated carbocycles. The number of methoxy groups -OCH3 is 1. The Morgan fingerprint density at radius 1 is 1.33 bits per heavy atom. The van der Waals surface area contributed by atoms with Crippen molar-refractivity contribution in [2.45, 2.75) is 0 Å². The first-order valence-electron chi connectivity index (χ1n) is 6.22. The van der Waals surface area contributed by atoms with Crippen molar-refractivity contribution < 1.29 is 4.74 Å². The third kappa shape index (κ3) is 3.22. The Balaban J connectivity index is 1.87. The van der Waals surface area contributed by atoms with Crippen LogP contribution in [0.1, 0.15) is 5.56 Å². The average Bonchev–Trinajstić information content (AvgIpc) is 2.46. The molecule has 1 aromatic rings. The van der Waals surface area contributed by atoms with Crippen molar-refractivity contribution >= 4 is 5.82 Å². The molecule has 0 atom stereocenters. The van der Waals surface area contributed by atoms with Gasteiger partial charge >= 0.3 is 0 Å². The molecule has 1 aliphatic rings. The molecule has 1 saturated heterocycles. The monoisotopic (exact) mass is 245 g/mol. The molecule has 1 aromatic heterocycles. The van der Waals surface area contributed by atoms with Gasteiger partial charge in [0.25, 0.3) is 0 Å². The molecule has 0 unspecified atom stereocenters. The van der Waals surface area contributed by atoms with E-state index < -0.39 is 0 Å². The third-order valence-electron chi connectivity index (χ3n) is 3.22. The second kappa shape index (κ2) is 6.39. The molecule has 4 heteroatoms. The predicted molar refractivity (Wildman–Crippen MR) is 72.7 cm³/mol. The van der Waals surface area contributed by atoms with Crippen LogP contribution in [0.15, 0.2) is 18.3 Å². The summed E-state index contributed by atoms with van der Waals surface area (Å²) in [6.45, 7) is 5.94. The van der Waals surface area contributed by atoms with Crippen molar-refractivity contribution in [2.75, 3.05) is 51.3 Å². The fraction of sp³-hybridized carbons (Fsp3) is 0.500. The lowest BCUT2D eigenvalue weighted by molar-refractivity contribution is 0.144. The largest absolute Gasteiger partial charge is 0.383 e. The van der Waals surface area contributed by atoms with Crippen LogP contribution in [0, 0.1) is 12.3 Å². The van der Waals surface area contributed by atoms with E-state index in [1.165, 1.54) is 0 Å². The number of rotatable bonds is 4. The van der Waals surface area contributed by atoms with Crippen LogP contribution in [0.4, 0.5) is 5.82 Å². The highest BCUT2D eigenvalue weighted by Gasteiger charge is 2.17. The molecule has 1 fully saturated rings. The molecule has 1 aliphatic heterocycles. The number of piperazine rings is 1. The minimum Gasteiger partial charge on any atom is -0.383 e. The highest BCUT2D eigenvalue weighted by molar-refractivity contribution is 5.43. The zero-order valence-corrected chi connectivity index (χ0v) is 10.8. The van der Waals surface area contributed by atoms with Crippen LogP contribution in [0.5, 0.6) is 0 Å². The average molecular weight is 245 g/mol. The maximum Gasteiger partial charge on any atom is 0.128 e. The van der Waals surface area contributed by atoms with Gasteiger partial charge in [0.1, 0.15) is 5.82 Å². The van der Waals surface area contributed by atoms with E-state index in [0.717, 1.165) is 50.7 Å². The SMILES string of the molecule is C#Cc1ccc(N2CCN(CCOC)CC2)nc1. The second-order valence-electron chi connectivity index (χ2n) is 4.37. The summed E-state index contributed by atoms with van der Waals surface area (Å²) in [7, 11) is 1.74. The Kier molecular flexibility index (Phi) is 4.57. The van der Waals surface area contributed by atoms with Crippen LogP contribution < -0.4 is 4.90 Å². The summed E-state index contributed by atoms with van der Waals surface area (Å²) in [5, 5.41) is 0. The van der Waals surface area contributed by atoms with E-state index >= 15 is 0 Å². The van der Waals surface area contributed by atoms with Crippen LogP contribution in [-0.2, 0) is 4.74 Å². The van der Waals surface area contributed by atoms with Crippen molar-refractivity contribution in [1.29, 1.82) is 0 Å². The van der Waals surface area contributed by atoms with Crippen molar-refractivity contribution in [2.24, 2.45) is 0 Å². The van der Waals surface area contributed by atoms with Gasteiger partial charge in [0.2, 0.25) is 0 Å². The number of hydrogen-bond acceptors (Lipinski definition) is 4. The summed E-state index contributed by atoms with van der Waals surface area (Å²) in [6.07, 6.45) is 7.08. The first-order valence-corrected chi connectivity index (χ1v) is 6.22. The Bertz CT molecular complexity index is 402. The summed E-state index contributed by atoms with van der Waals surface area (Å²) in [5.41, 5.74) is 0.831. The summed E-state index contributed by atoms with van der Waals surface area (Å²) in [4.78, 5) is 9.11. The number of aromatic nitrogens is 1. The van der Waals surface area contributed by atoms with E-state index in [1.54, 1.807) is 13.3 Å². The van der Waals surface area contributed by atoms with Crippen LogP contribution >= 0.6 is 0 Å². The Labute approximate surface area is 109 Å². The quantitative estimate of drug-likeness (QED) is 0.735. The zero-order chi connectivity index (χ0) is 12.8. The van der Waals surface area contributed by atoms with Crippen molar-refractivity contribution in [3.63, 3.8) is 0 Å². The highest BCUT2D eigenvalue weighted by atomic mass is 16.5. The van der Waals surface area contributed by atoms with Crippen LogP contribution in [0.2, 0.25) is 0 Å². The number of terminal acetylenes is 1. The van der Waals surface area contributed by atoms with Gasteiger partial charge in [-0.3, -0.25) is 4.90 Å². The molecule has 96 valence electrons. The van der Waals surface area contributed by atoms with E-state index in [4.69, 9.17) is 11.2 Å². The molecule has 0 radical (unpaired) electrons. The molecule has 2 heterocycles. The van der Waals surface area contributed by atoms with Crippen LogP contribution in [0.25, 0.3) is 0 Å². The van der Waals surface area contributed by atoms with Gasteiger partial charge < -0.3 is 9.64 Å². The minimum absolute atomic E-state index is 0.801. The lowest BCUT2D eigenvalue weighted by Crippen LogP contribution is -2.47. The molecule has 0 aromatic carbocycles. The maximum atomic E-state index is 5.32. The van der Waals surface area contributed by atoms with E-state index in [9.17, 15) is 0 Å².